The van der Waals surface area contributed by atoms with Crippen LogP contribution in [0.25, 0.3) is 0 Å². The molecular formula is C6H16N2O4S. The average molecular weight is 212 g/mol. The van der Waals surface area contributed by atoms with Crippen molar-refractivity contribution >= 4 is 10.2 Å². The van der Waals surface area contributed by atoms with E-state index in [2.05, 4.69) is 14.2 Å². The highest BCUT2D eigenvalue weighted by Gasteiger charge is 2.11. The van der Waals surface area contributed by atoms with Crippen molar-refractivity contribution in [2.75, 3.05) is 26.9 Å². The Morgan fingerprint density at radius 3 is 2.62 bits per heavy atom. The predicted octanol–water partition coefficient (Wildman–Crippen LogP) is -1.56. The van der Waals surface area contributed by atoms with E-state index >= 15 is 0 Å². The largest absolute Gasteiger partial charge is 0.395 e. The third kappa shape index (κ3) is 6.91. The third-order valence-electron chi connectivity index (χ3n) is 1.23. The van der Waals surface area contributed by atoms with Crippen LogP contribution in [0.15, 0.2) is 0 Å². The molecule has 1 unspecified atom stereocenters. The van der Waals surface area contributed by atoms with E-state index < -0.39 is 16.3 Å². The molecule has 0 fully saturated rings. The molecule has 0 aliphatic heterocycles. The van der Waals surface area contributed by atoms with Gasteiger partial charge in [-0.15, -0.1) is 0 Å². The smallest absolute Gasteiger partial charge is 0.277 e. The molecule has 0 spiro atoms. The summed E-state index contributed by atoms with van der Waals surface area (Å²) in [5.41, 5.74) is 0. The van der Waals surface area contributed by atoms with Gasteiger partial charge in [0.05, 0.1) is 13.2 Å². The summed E-state index contributed by atoms with van der Waals surface area (Å²) in [6.07, 6.45) is 0. The van der Waals surface area contributed by atoms with Crippen molar-refractivity contribution in [3.8, 4) is 0 Å². The maximum absolute atomic E-state index is 11.1. The molecule has 0 amide bonds. The molecule has 0 radical (unpaired) electrons. The normalized spacial score (nSPS) is 14.4. The van der Waals surface area contributed by atoms with Gasteiger partial charge in [-0.2, -0.15) is 17.9 Å². The summed E-state index contributed by atoms with van der Waals surface area (Å²) >= 11 is 0. The maximum Gasteiger partial charge on any atom is 0.277 e. The highest BCUT2D eigenvalue weighted by molar-refractivity contribution is 7.87. The van der Waals surface area contributed by atoms with E-state index in [1.165, 1.54) is 7.11 Å². The highest BCUT2D eigenvalue weighted by atomic mass is 32.2. The molecule has 0 saturated carbocycles. The van der Waals surface area contributed by atoms with E-state index in [4.69, 9.17) is 5.11 Å². The fourth-order valence-corrected chi connectivity index (χ4v) is 1.66. The molecule has 80 valence electrons. The summed E-state index contributed by atoms with van der Waals surface area (Å²) in [6.45, 7) is 1.86. The molecule has 13 heavy (non-hydrogen) atoms. The molecule has 0 rings (SSSR count). The first-order valence-electron chi connectivity index (χ1n) is 3.88. The van der Waals surface area contributed by atoms with Crippen molar-refractivity contribution in [2.45, 2.75) is 13.0 Å². The second-order valence-electron chi connectivity index (χ2n) is 2.59. The van der Waals surface area contributed by atoms with Gasteiger partial charge in [0.25, 0.3) is 10.2 Å². The Bertz CT molecular complexity index is 217. The molecule has 0 heterocycles. The third-order valence-corrected chi connectivity index (χ3v) is 2.53. The molecule has 0 aromatic rings. The summed E-state index contributed by atoms with van der Waals surface area (Å²) in [5.74, 6) is 0. The van der Waals surface area contributed by atoms with E-state index in [1.807, 2.05) is 0 Å². The van der Waals surface area contributed by atoms with Crippen molar-refractivity contribution in [1.29, 1.82) is 0 Å². The zero-order chi connectivity index (χ0) is 10.3. The van der Waals surface area contributed by atoms with Crippen LogP contribution in [0.2, 0.25) is 0 Å². The molecule has 0 bridgehead atoms. The minimum atomic E-state index is -3.51. The van der Waals surface area contributed by atoms with Gasteiger partial charge in [-0.3, -0.25) is 0 Å². The molecule has 0 aromatic heterocycles. The first kappa shape index (κ1) is 12.8. The Labute approximate surface area is 78.5 Å². The van der Waals surface area contributed by atoms with Gasteiger partial charge in [0, 0.05) is 19.7 Å². The zero-order valence-corrected chi connectivity index (χ0v) is 8.60. The van der Waals surface area contributed by atoms with Gasteiger partial charge in [-0.25, -0.2) is 0 Å². The van der Waals surface area contributed by atoms with Crippen LogP contribution >= 0.6 is 0 Å². The van der Waals surface area contributed by atoms with Gasteiger partial charge in [-0.1, -0.05) is 0 Å². The minimum Gasteiger partial charge on any atom is -0.395 e. The standard InChI is InChI=1S/C6H16N2O4S/c1-6(5-9)8-13(10,11)7-3-4-12-2/h6-9H,3-5H2,1-2H3. The van der Waals surface area contributed by atoms with Crippen LogP contribution < -0.4 is 9.44 Å². The highest BCUT2D eigenvalue weighted by Crippen LogP contribution is 1.83. The maximum atomic E-state index is 11.1. The van der Waals surface area contributed by atoms with Crippen LogP contribution in [0.5, 0.6) is 0 Å². The molecule has 0 aromatic carbocycles. The Morgan fingerprint density at radius 2 is 2.15 bits per heavy atom. The van der Waals surface area contributed by atoms with Crippen LogP contribution in [0.1, 0.15) is 6.92 Å². The van der Waals surface area contributed by atoms with E-state index in [9.17, 15) is 8.42 Å². The summed E-state index contributed by atoms with van der Waals surface area (Å²) in [4.78, 5) is 0. The predicted molar refractivity (Wildman–Crippen MR) is 48.5 cm³/mol. The molecule has 1 atom stereocenters. The van der Waals surface area contributed by atoms with E-state index in [0.717, 1.165) is 0 Å². The first-order chi connectivity index (χ1) is 6.02. The van der Waals surface area contributed by atoms with Crippen molar-refractivity contribution in [3.05, 3.63) is 0 Å². The number of aliphatic hydroxyl groups excluding tert-OH is 1. The average Bonchev–Trinajstić information content (AvgIpc) is 2.03. The van der Waals surface area contributed by atoms with Crippen LogP contribution in [-0.2, 0) is 14.9 Å². The minimum absolute atomic E-state index is 0.212. The Balaban J connectivity index is 3.81. The van der Waals surface area contributed by atoms with Gasteiger partial charge < -0.3 is 9.84 Å². The van der Waals surface area contributed by atoms with Crippen molar-refractivity contribution in [3.63, 3.8) is 0 Å². The lowest BCUT2D eigenvalue weighted by molar-refractivity contribution is 0.204. The lowest BCUT2D eigenvalue weighted by atomic mass is 10.4. The molecular weight excluding hydrogens is 196 g/mol. The molecule has 0 aliphatic carbocycles. The molecule has 6 nitrogen and oxygen atoms in total. The molecule has 7 heteroatoms. The summed E-state index contributed by atoms with van der Waals surface area (Å²) in [6, 6.07) is -0.486. The number of methoxy groups -OCH3 is 1. The SMILES string of the molecule is COCCNS(=O)(=O)NC(C)CO. The zero-order valence-electron chi connectivity index (χ0n) is 7.78. The topological polar surface area (TPSA) is 87.7 Å². The quantitative estimate of drug-likeness (QED) is 0.445. The number of aliphatic hydroxyl groups is 1. The Morgan fingerprint density at radius 1 is 1.54 bits per heavy atom. The van der Waals surface area contributed by atoms with Gasteiger partial charge in [-0.05, 0) is 6.92 Å². The number of nitrogens with one attached hydrogen (secondary N) is 2. The van der Waals surface area contributed by atoms with Crippen LogP contribution in [0.4, 0.5) is 0 Å². The van der Waals surface area contributed by atoms with Crippen LogP contribution in [-0.4, -0.2) is 46.4 Å². The second-order valence-corrected chi connectivity index (χ2v) is 4.12. The van der Waals surface area contributed by atoms with Gasteiger partial charge in [0.2, 0.25) is 0 Å². The Hall–Kier alpha value is -0.210. The monoisotopic (exact) mass is 212 g/mol. The van der Waals surface area contributed by atoms with Gasteiger partial charge >= 0.3 is 0 Å². The fourth-order valence-electron chi connectivity index (χ4n) is 0.622. The Kier molecular flexibility index (Phi) is 6.17. The summed E-state index contributed by atoms with van der Waals surface area (Å²) in [7, 11) is -2.02. The number of hydrogen-bond donors (Lipinski definition) is 3. The number of rotatable bonds is 7. The van der Waals surface area contributed by atoms with E-state index in [-0.39, 0.29) is 13.2 Å². The summed E-state index contributed by atoms with van der Waals surface area (Å²) in [5, 5.41) is 8.59. The second kappa shape index (κ2) is 6.28. The van der Waals surface area contributed by atoms with Crippen molar-refractivity contribution < 1.29 is 18.3 Å². The van der Waals surface area contributed by atoms with E-state index in [0.29, 0.717) is 6.61 Å². The van der Waals surface area contributed by atoms with Gasteiger partial charge in [0.1, 0.15) is 0 Å². The molecule has 3 N–H and O–H groups in total. The number of ether oxygens (including phenoxy) is 1. The fraction of sp³-hybridized carbons (Fsp3) is 1.00. The van der Waals surface area contributed by atoms with E-state index in [1.54, 1.807) is 6.92 Å². The van der Waals surface area contributed by atoms with Gasteiger partial charge in [0.15, 0.2) is 0 Å². The van der Waals surface area contributed by atoms with Crippen LogP contribution in [0.3, 0.4) is 0 Å². The first-order valence-corrected chi connectivity index (χ1v) is 5.37. The lowest BCUT2D eigenvalue weighted by Gasteiger charge is -2.11. The molecule has 0 aliphatic rings. The van der Waals surface area contributed by atoms with Crippen LogP contribution in [0, 0.1) is 0 Å². The summed E-state index contributed by atoms with van der Waals surface area (Å²) < 4.78 is 31.3. The van der Waals surface area contributed by atoms with Crippen molar-refractivity contribution in [1.82, 2.24) is 9.44 Å². The lowest BCUT2D eigenvalue weighted by Crippen LogP contribution is -2.43. The molecule has 0 saturated heterocycles. The number of hydrogen-bond acceptors (Lipinski definition) is 4. The van der Waals surface area contributed by atoms with Crippen molar-refractivity contribution in [2.24, 2.45) is 0 Å².